The lowest BCUT2D eigenvalue weighted by Gasteiger charge is -2.28. The molecule has 32 heavy (non-hydrogen) atoms. The number of esters is 1. The third-order valence-electron chi connectivity index (χ3n) is 5.73. The topological polar surface area (TPSA) is 90.3 Å². The first-order valence-corrected chi connectivity index (χ1v) is 11.0. The highest BCUT2D eigenvalue weighted by atomic mass is 35.5. The maximum atomic E-state index is 13.0. The van der Waals surface area contributed by atoms with E-state index in [0.717, 1.165) is 5.56 Å². The zero-order valence-corrected chi connectivity index (χ0v) is 18.5. The molecule has 0 unspecified atom stereocenters. The Hall–Kier alpha value is -3.19. The van der Waals surface area contributed by atoms with Crippen molar-refractivity contribution >= 4 is 40.3 Å². The highest BCUT2D eigenvalue weighted by molar-refractivity contribution is 6.45. The Labute approximate surface area is 190 Å². The Balaban J connectivity index is 1.49. The van der Waals surface area contributed by atoms with Gasteiger partial charge in [0.1, 0.15) is 11.8 Å². The smallest absolute Gasteiger partial charge is 0.302 e. The number of ketones is 1. The Bertz CT molecular complexity index is 1170. The van der Waals surface area contributed by atoms with E-state index in [1.165, 1.54) is 6.92 Å². The van der Waals surface area contributed by atoms with E-state index < -0.39 is 11.7 Å². The summed E-state index contributed by atoms with van der Waals surface area (Å²) in [5, 5.41) is 4.09. The molecule has 1 fully saturated rings. The summed E-state index contributed by atoms with van der Waals surface area (Å²) in [5.41, 5.74) is 1.82. The van der Waals surface area contributed by atoms with E-state index in [1.807, 2.05) is 28.8 Å². The Morgan fingerprint density at radius 1 is 1.12 bits per heavy atom. The second kappa shape index (κ2) is 9.53. The molecule has 0 bridgehead atoms. The average Bonchev–Trinajstić information content (AvgIpc) is 3.14. The third kappa shape index (κ3) is 4.83. The van der Waals surface area contributed by atoms with E-state index in [2.05, 4.69) is 10.3 Å². The number of Topliss-reactive ketones (excluding diaryl/α,β-unsaturated/α-hetero) is 1. The predicted octanol–water partition coefficient (Wildman–Crippen LogP) is 3.91. The molecule has 1 aromatic carbocycles. The summed E-state index contributed by atoms with van der Waals surface area (Å²) in [6, 6.07) is 10.9. The highest BCUT2D eigenvalue weighted by Gasteiger charge is 2.28. The number of fused-ring (bicyclic) bond motifs is 1. The summed E-state index contributed by atoms with van der Waals surface area (Å²) in [6.45, 7) is 1.83. The normalized spacial score (nSPS) is 18.3. The number of hydrogen-bond acceptors (Lipinski definition) is 5. The second-order valence-corrected chi connectivity index (χ2v) is 8.43. The number of carbonyl (C=O) groups is 3. The van der Waals surface area contributed by atoms with Gasteiger partial charge in [-0.15, -0.1) is 0 Å². The molecule has 1 amide bonds. The van der Waals surface area contributed by atoms with Crippen molar-refractivity contribution in [3.63, 3.8) is 0 Å². The first-order chi connectivity index (χ1) is 15.4. The molecule has 1 N–H and O–H groups in total. The number of nitrogens with zero attached hydrogens (tertiary/aromatic N) is 2. The van der Waals surface area contributed by atoms with Crippen molar-refractivity contribution in [1.29, 1.82) is 0 Å². The molecule has 1 aliphatic carbocycles. The summed E-state index contributed by atoms with van der Waals surface area (Å²) < 4.78 is 7.07. The van der Waals surface area contributed by atoms with E-state index in [9.17, 15) is 14.4 Å². The van der Waals surface area contributed by atoms with Gasteiger partial charge >= 0.3 is 5.97 Å². The van der Waals surface area contributed by atoms with E-state index in [4.69, 9.17) is 16.3 Å². The van der Waals surface area contributed by atoms with Crippen molar-refractivity contribution in [3.05, 3.63) is 64.9 Å². The molecule has 1 saturated carbocycles. The molecule has 0 atom stereocenters. The van der Waals surface area contributed by atoms with Crippen molar-refractivity contribution in [2.75, 3.05) is 0 Å². The van der Waals surface area contributed by atoms with Crippen LogP contribution >= 0.6 is 11.6 Å². The SMILES string of the molecule is CC(=O)OC1CCC(NC(=O)C(=O)c2cn(Cc3ccccc3Cl)c3ncccc23)CC1. The van der Waals surface area contributed by atoms with Crippen LogP contribution in [0.1, 0.15) is 48.5 Å². The van der Waals surface area contributed by atoms with Crippen LogP contribution in [0.3, 0.4) is 0 Å². The molecule has 1 aliphatic rings. The van der Waals surface area contributed by atoms with Crippen molar-refractivity contribution < 1.29 is 19.1 Å². The van der Waals surface area contributed by atoms with Crippen LogP contribution in [0.25, 0.3) is 11.0 Å². The van der Waals surface area contributed by atoms with Crippen LogP contribution < -0.4 is 5.32 Å². The van der Waals surface area contributed by atoms with Crippen LogP contribution in [0.4, 0.5) is 0 Å². The fourth-order valence-corrected chi connectivity index (χ4v) is 4.36. The minimum Gasteiger partial charge on any atom is -0.463 e. The first kappa shape index (κ1) is 22.0. The molecule has 0 spiro atoms. The Morgan fingerprint density at radius 2 is 1.88 bits per heavy atom. The van der Waals surface area contributed by atoms with Crippen LogP contribution in [-0.2, 0) is 20.9 Å². The lowest BCUT2D eigenvalue weighted by molar-refractivity contribution is -0.148. The molecule has 166 valence electrons. The van der Waals surface area contributed by atoms with Gasteiger partial charge in [0.15, 0.2) is 0 Å². The van der Waals surface area contributed by atoms with Crippen LogP contribution in [-0.4, -0.2) is 39.4 Å². The van der Waals surface area contributed by atoms with Crippen LogP contribution in [0, 0.1) is 0 Å². The molecule has 8 heteroatoms. The van der Waals surface area contributed by atoms with Gasteiger partial charge in [-0.2, -0.15) is 0 Å². The van der Waals surface area contributed by atoms with Crippen molar-refractivity contribution in [3.8, 4) is 0 Å². The minimum absolute atomic E-state index is 0.118. The molecule has 0 saturated heterocycles. The van der Waals surface area contributed by atoms with Crippen LogP contribution in [0.5, 0.6) is 0 Å². The maximum Gasteiger partial charge on any atom is 0.302 e. The highest BCUT2D eigenvalue weighted by Crippen LogP contribution is 2.25. The molecule has 4 rings (SSSR count). The summed E-state index contributed by atoms with van der Waals surface area (Å²) in [4.78, 5) is 41.3. The molecular weight excluding hydrogens is 430 g/mol. The summed E-state index contributed by atoms with van der Waals surface area (Å²) in [7, 11) is 0. The Morgan fingerprint density at radius 3 is 2.59 bits per heavy atom. The molecule has 2 aromatic heterocycles. The van der Waals surface area contributed by atoms with Crippen LogP contribution in [0.2, 0.25) is 5.02 Å². The number of benzene rings is 1. The lowest BCUT2D eigenvalue weighted by Crippen LogP contribution is -2.42. The Kier molecular flexibility index (Phi) is 6.55. The second-order valence-electron chi connectivity index (χ2n) is 8.02. The number of ether oxygens (including phenoxy) is 1. The monoisotopic (exact) mass is 453 g/mol. The molecule has 7 nitrogen and oxygen atoms in total. The van der Waals surface area contributed by atoms with Gasteiger partial charge in [-0.1, -0.05) is 29.8 Å². The molecule has 0 aliphatic heterocycles. The van der Waals surface area contributed by atoms with E-state index in [-0.39, 0.29) is 18.1 Å². The predicted molar refractivity (Wildman–Crippen MR) is 121 cm³/mol. The van der Waals surface area contributed by atoms with Gasteiger partial charge in [0.25, 0.3) is 11.7 Å². The van der Waals surface area contributed by atoms with Gasteiger partial charge in [-0.25, -0.2) is 4.98 Å². The minimum atomic E-state index is -0.637. The van der Waals surface area contributed by atoms with Crippen molar-refractivity contribution in [1.82, 2.24) is 14.9 Å². The number of aromatic nitrogens is 2. The van der Waals surface area contributed by atoms with Crippen molar-refractivity contribution in [2.45, 2.75) is 51.3 Å². The summed E-state index contributed by atoms with van der Waals surface area (Å²) >= 11 is 6.30. The van der Waals surface area contributed by atoms with Gasteiger partial charge in [-0.05, 0) is 49.4 Å². The summed E-state index contributed by atoms with van der Waals surface area (Å²) in [5.74, 6) is -1.53. The number of nitrogens with one attached hydrogen (secondary N) is 1. The number of carbonyl (C=O) groups excluding carboxylic acids is 3. The first-order valence-electron chi connectivity index (χ1n) is 10.6. The van der Waals surface area contributed by atoms with Gasteiger partial charge in [-0.3, -0.25) is 14.4 Å². The van der Waals surface area contributed by atoms with Gasteiger partial charge in [0.2, 0.25) is 0 Å². The van der Waals surface area contributed by atoms with Crippen LogP contribution in [0.15, 0.2) is 48.8 Å². The number of amides is 1. The molecule has 2 heterocycles. The zero-order chi connectivity index (χ0) is 22.7. The van der Waals surface area contributed by atoms with Gasteiger partial charge in [0.05, 0.1) is 12.1 Å². The van der Waals surface area contributed by atoms with Gasteiger partial charge in [0, 0.05) is 35.8 Å². The lowest BCUT2D eigenvalue weighted by atomic mass is 9.92. The van der Waals surface area contributed by atoms with E-state index in [0.29, 0.717) is 53.8 Å². The number of halogens is 1. The average molecular weight is 454 g/mol. The standard InChI is InChI=1S/C24H24ClN3O4/c1-15(29)32-18-10-8-17(9-11-18)27-24(31)22(30)20-14-28(23-19(20)6-4-12-26-23)13-16-5-2-3-7-21(16)25/h2-7,12,14,17-18H,8-11,13H2,1H3,(H,27,31). The molecule has 0 radical (unpaired) electrons. The molecular formula is C24H24ClN3O4. The van der Waals surface area contributed by atoms with Crippen molar-refractivity contribution in [2.24, 2.45) is 0 Å². The molecule has 3 aromatic rings. The van der Waals surface area contributed by atoms with E-state index >= 15 is 0 Å². The fourth-order valence-electron chi connectivity index (χ4n) is 4.17. The maximum absolute atomic E-state index is 13.0. The largest absolute Gasteiger partial charge is 0.463 e. The summed E-state index contributed by atoms with van der Waals surface area (Å²) in [6.07, 6.45) is 5.85. The van der Waals surface area contributed by atoms with Gasteiger partial charge < -0.3 is 14.6 Å². The van der Waals surface area contributed by atoms with E-state index in [1.54, 1.807) is 24.5 Å². The fraction of sp³-hybridized carbons (Fsp3) is 0.333. The number of hydrogen-bond donors (Lipinski definition) is 1. The number of pyridine rings is 1. The third-order valence-corrected chi connectivity index (χ3v) is 6.09. The number of rotatable bonds is 6. The zero-order valence-electron chi connectivity index (χ0n) is 17.7. The quantitative estimate of drug-likeness (QED) is 0.347.